The third-order valence-corrected chi connectivity index (χ3v) is 5.50. The van der Waals surface area contributed by atoms with Crippen LogP contribution in [0.5, 0.6) is 0 Å². The van der Waals surface area contributed by atoms with E-state index in [0.29, 0.717) is 33.4 Å². The number of hydrogen-bond acceptors (Lipinski definition) is 6. The maximum Gasteiger partial charge on any atom is 0.169 e. The fourth-order valence-electron chi connectivity index (χ4n) is 3.41. The number of anilines is 1. The van der Waals surface area contributed by atoms with E-state index in [1.54, 1.807) is 4.52 Å². The highest BCUT2D eigenvalue weighted by Crippen LogP contribution is 2.40. The highest BCUT2D eigenvalue weighted by atomic mass is 35.5. The van der Waals surface area contributed by atoms with Crippen LogP contribution in [0.25, 0.3) is 16.9 Å². The Kier molecular flexibility index (Phi) is 4.74. The van der Waals surface area contributed by atoms with Gasteiger partial charge >= 0.3 is 0 Å². The van der Waals surface area contributed by atoms with Crippen molar-refractivity contribution in [2.24, 2.45) is 5.92 Å². The Hall–Kier alpha value is -2.25. The van der Waals surface area contributed by atoms with Crippen LogP contribution in [0.2, 0.25) is 10.2 Å². The average Bonchev–Trinajstić information content (AvgIpc) is 3.06. The van der Waals surface area contributed by atoms with Crippen LogP contribution in [0, 0.1) is 5.92 Å². The number of halogens is 2. The smallest absolute Gasteiger partial charge is 0.169 e. The molecule has 0 N–H and O–H groups in total. The lowest BCUT2D eigenvalue weighted by Crippen LogP contribution is -2.35. The predicted octanol–water partition coefficient (Wildman–Crippen LogP) is 3.93. The molecule has 4 rings (SSSR count). The second-order valence-electron chi connectivity index (χ2n) is 6.84. The Labute approximate surface area is 166 Å². The molecule has 0 unspecified atom stereocenters. The van der Waals surface area contributed by atoms with Crippen LogP contribution in [0.4, 0.5) is 5.82 Å². The van der Waals surface area contributed by atoms with Gasteiger partial charge in [-0.2, -0.15) is 9.61 Å². The first-order valence-corrected chi connectivity index (χ1v) is 9.52. The Bertz CT molecular complexity index is 1030. The van der Waals surface area contributed by atoms with Crippen molar-refractivity contribution in [1.29, 1.82) is 0 Å². The molecule has 1 aliphatic rings. The molecule has 3 aromatic rings. The Morgan fingerprint density at radius 1 is 1.22 bits per heavy atom. The van der Waals surface area contributed by atoms with Crippen LogP contribution in [-0.2, 0) is 0 Å². The number of rotatable bonds is 3. The molecule has 7 nitrogen and oxygen atoms in total. The van der Waals surface area contributed by atoms with E-state index in [9.17, 15) is 4.79 Å². The van der Waals surface area contributed by atoms with Crippen molar-refractivity contribution in [2.45, 2.75) is 26.7 Å². The summed E-state index contributed by atoms with van der Waals surface area (Å²) in [4.78, 5) is 26.9. The van der Waals surface area contributed by atoms with E-state index in [0.717, 1.165) is 31.7 Å². The van der Waals surface area contributed by atoms with Gasteiger partial charge in [0.15, 0.2) is 11.4 Å². The van der Waals surface area contributed by atoms with Gasteiger partial charge in [0.05, 0.1) is 28.0 Å². The number of carbonyl (C=O) groups is 1. The number of Topliss-reactive ketones (excluding diaryl/α,β-unsaturated/α-hetero) is 1. The second kappa shape index (κ2) is 7.05. The molecule has 0 bridgehead atoms. The van der Waals surface area contributed by atoms with Gasteiger partial charge in [-0.1, -0.05) is 30.1 Å². The van der Waals surface area contributed by atoms with E-state index >= 15 is 0 Å². The summed E-state index contributed by atoms with van der Waals surface area (Å²) in [5.41, 5.74) is 1.97. The normalized spacial score (nSPS) is 15.5. The lowest BCUT2D eigenvalue weighted by Gasteiger charge is -2.33. The highest BCUT2D eigenvalue weighted by Gasteiger charge is 2.28. The molecule has 0 radical (unpaired) electrons. The topological polar surface area (TPSA) is 76.3 Å². The standard InChI is InChI=1S/C18H18Cl2N6O/c1-10-3-5-25(6-4-10)18-14(15-13(19)8-21-9-22-15)16(20)24-17-12(11(2)27)7-23-26(17)18/h7-10H,3-6H2,1-2H3. The van der Waals surface area contributed by atoms with Crippen LogP contribution in [0.15, 0.2) is 18.7 Å². The zero-order chi connectivity index (χ0) is 19.1. The van der Waals surface area contributed by atoms with E-state index in [1.165, 1.54) is 25.6 Å². The van der Waals surface area contributed by atoms with E-state index in [2.05, 4.69) is 31.9 Å². The zero-order valence-corrected chi connectivity index (χ0v) is 16.5. The number of nitrogens with zero attached hydrogens (tertiary/aromatic N) is 6. The van der Waals surface area contributed by atoms with Crippen LogP contribution in [-0.4, -0.2) is 43.4 Å². The van der Waals surface area contributed by atoms with Crippen molar-refractivity contribution >= 4 is 40.5 Å². The van der Waals surface area contributed by atoms with Gasteiger partial charge in [0.1, 0.15) is 17.3 Å². The van der Waals surface area contributed by atoms with Crippen LogP contribution < -0.4 is 4.90 Å². The molecule has 0 spiro atoms. The second-order valence-corrected chi connectivity index (χ2v) is 7.61. The summed E-state index contributed by atoms with van der Waals surface area (Å²) < 4.78 is 1.67. The minimum atomic E-state index is -0.111. The molecule has 0 atom stereocenters. The fourth-order valence-corrected chi connectivity index (χ4v) is 3.87. The summed E-state index contributed by atoms with van der Waals surface area (Å²) in [6.45, 7) is 5.43. The lowest BCUT2D eigenvalue weighted by atomic mass is 9.99. The molecule has 0 amide bonds. The first kappa shape index (κ1) is 18.1. The summed E-state index contributed by atoms with van der Waals surface area (Å²) in [7, 11) is 0. The molecule has 9 heteroatoms. The molecule has 3 aromatic heterocycles. The summed E-state index contributed by atoms with van der Waals surface area (Å²) >= 11 is 12.9. The molecule has 0 saturated carbocycles. The van der Waals surface area contributed by atoms with Crippen molar-refractivity contribution in [3.63, 3.8) is 0 Å². The van der Waals surface area contributed by atoms with Gasteiger partial charge in [-0.05, 0) is 25.7 Å². The molecule has 1 fully saturated rings. The first-order chi connectivity index (χ1) is 13.0. The third-order valence-electron chi connectivity index (χ3n) is 4.95. The van der Waals surface area contributed by atoms with Crippen LogP contribution in [0.3, 0.4) is 0 Å². The van der Waals surface area contributed by atoms with Gasteiger partial charge in [0.2, 0.25) is 0 Å². The lowest BCUT2D eigenvalue weighted by molar-refractivity contribution is 0.101. The molecule has 1 aliphatic heterocycles. The number of ketones is 1. The summed E-state index contributed by atoms with van der Waals surface area (Å²) in [5, 5.41) is 5.05. The van der Waals surface area contributed by atoms with Crippen LogP contribution >= 0.6 is 23.2 Å². The molecule has 4 heterocycles. The SMILES string of the molecule is CC(=O)c1cnn2c(N3CCC(C)CC3)c(-c3ncncc3Cl)c(Cl)nc12. The largest absolute Gasteiger partial charge is 0.356 e. The van der Waals surface area contributed by atoms with Gasteiger partial charge in [-0.25, -0.2) is 15.0 Å². The van der Waals surface area contributed by atoms with Crippen LogP contribution in [0.1, 0.15) is 37.0 Å². The van der Waals surface area contributed by atoms with E-state index in [-0.39, 0.29) is 10.9 Å². The van der Waals surface area contributed by atoms with Crippen molar-refractivity contribution < 1.29 is 4.79 Å². The fraction of sp³-hybridized carbons (Fsp3) is 0.389. The predicted molar refractivity (Wildman–Crippen MR) is 105 cm³/mol. The number of carbonyl (C=O) groups excluding carboxylic acids is 1. The van der Waals surface area contributed by atoms with Crippen molar-refractivity contribution in [2.75, 3.05) is 18.0 Å². The van der Waals surface area contributed by atoms with E-state index < -0.39 is 0 Å². The monoisotopic (exact) mass is 404 g/mol. The maximum absolute atomic E-state index is 12.0. The van der Waals surface area contributed by atoms with Gasteiger partial charge in [-0.15, -0.1) is 0 Å². The highest BCUT2D eigenvalue weighted by molar-refractivity contribution is 6.36. The van der Waals surface area contributed by atoms with Crippen molar-refractivity contribution in [3.05, 3.63) is 34.5 Å². The Balaban J connectivity index is 2.02. The average molecular weight is 405 g/mol. The van der Waals surface area contributed by atoms with Crippen molar-refractivity contribution in [1.82, 2.24) is 24.6 Å². The minimum absolute atomic E-state index is 0.111. The number of piperidine rings is 1. The summed E-state index contributed by atoms with van der Waals surface area (Å²) in [6, 6.07) is 0. The summed E-state index contributed by atoms with van der Waals surface area (Å²) in [5.74, 6) is 1.30. The number of aromatic nitrogens is 5. The Morgan fingerprint density at radius 3 is 2.63 bits per heavy atom. The number of hydrogen-bond donors (Lipinski definition) is 0. The van der Waals surface area contributed by atoms with Crippen molar-refractivity contribution in [3.8, 4) is 11.3 Å². The molecule has 1 saturated heterocycles. The maximum atomic E-state index is 12.0. The molecule has 27 heavy (non-hydrogen) atoms. The summed E-state index contributed by atoms with van der Waals surface area (Å²) in [6.07, 6.45) is 6.59. The van der Waals surface area contributed by atoms with Gasteiger partial charge in [0.25, 0.3) is 0 Å². The molecule has 0 aromatic carbocycles. The van der Waals surface area contributed by atoms with Gasteiger partial charge < -0.3 is 4.90 Å². The quantitative estimate of drug-likeness (QED) is 0.486. The molecule has 140 valence electrons. The minimum Gasteiger partial charge on any atom is -0.356 e. The number of fused-ring (bicyclic) bond motifs is 1. The van der Waals surface area contributed by atoms with E-state index in [1.807, 2.05) is 0 Å². The van der Waals surface area contributed by atoms with Gasteiger partial charge in [-0.3, -0.25) is 4.79 Å². The molecular formula is C18H18Cl2N6O. The first-order valence-electron chi connectivity index (χ1n) is 8.76. The third kappa shape index (κ3) is 3.15. The van der Waals surface area contributed by atoms with Gasteiger partial charge in [0, 0.05) is 19.3 Å². The molecule has 0 aliphatic carbocycles. The zero-order valence-electron chi connectivity index (χ0n) is 15.0. The Morgan fingerprint density at radius 2 is 1.96 bits per heavy atom. The molecular weight excluding hydrogens is 387 g/mol. The van der Waals surface area contributed by atoms with E-state index in [4.69, 9.17) is 23.2 Å².